The molecular formula is C30H58O4Si. The van der Waals surface area contributed by atoms with Crippen LogP contribution in [-0.4, -0.2) is 25.4 Å². The Morgan fingerprint density at radius 2 is 0.971 bits per heavy atom. The van der Waals surface area contributed by atoms with Crippen molar-refractivity contribution < 1.29 is 19.1 Å². The molecule has 0 atom stereocenters. The molecule has 206 valence electrons. The summed E-state index contributed by atoms with van der Waals surface area (Å²) in [6.45, 7) is 8.29. The van der Waals surface area contributed by atoms with Crippen LogP contribution in [0, 0.1) is 0 Å². The Morgan fingerprint density at radius 1 is 0.629 bits per heavy atom. The number of carbonyl (C=O) groups excluding carboxylic acids is 1. The lowest BCUT2D eigenvalue weighted by atomic mass is 10.1. The Balaban J connectivity index is 5.19. The fraction of sp³-hybridized carbons (Fsp3) is 0.867. The van der Waals surface area contributed by atoms with Crippen molar-refractivity contribution in [3.05, 3.63) is 11.6 Å². The van der Waals surface area contributed by atoms with E-state index >= 15 is 0 Å². The van der Waals surface area contributed by atoms with Gasteiger partial charge in [0.05, 0.1) is 6.42 Å². The van der Waals surface area contributed by atoms with Gasteiger partial charge in [0.2, 0.25) is 0 Å². The summed E-state index contributed by atoms with van der Waals surface area (Å²) in [7, 11) is -2.19. The molecule has 0 unspecified atom stereocenters. The summed E-state index contributed by atoms with van der Waals surface area (Å²) in [6.07, 6.45) is 24.2. The number of carboxylic acids is 1. The van der Waals surface area contributed by atoms with E-state index in [0.717, 1.165) is 18.1 Å². The normalized spacial score (nSPS) is 12.2. The van der Waals surface area contributed by atoms with Crippen molar-refractivity contribution in [2.24, 2.45) is 0 Å². The first-order valence-electron chi connectivity index (χ1n) is 15.0. The van der Waals surface area contributed by atoms with Crippen molar-refractivity contribution in [2.45, 2.75) is 168 Å². The highest BCUT2D eigenvalue weighted by molar-refractivity contribution is 6.75. The zero-order chi connectivity index (χ0) is 26.2. The molecule has 0 spiro atoms. The van der Waals surface area contributed by atoms with Gasteiger partial charge in [-0.15, -0.1) is 0 Å². The molecule has 0 aliphatic heterocycles. The van der Waals surface area contributed by atoms with Crippen LogP contribution in [0.5, 0.6) is 0 Å². The van der Waals surface area contributed by atoms with E-state index in [-0.39, 0.29) is 18.0 Å². The van der Waals surface area contributed by atoms with E-state index in [1.807, 2.05) is 0 Å². The first-order chi connectivity index (χ1) is 16.9. The van der Waals surface area contributed by atoms with Crippen LogP contribution in [-0.2, 0) is 14.0 Å². The fourth-order valence-corrected chi connectivity index (χ4v) is 9.12. The van der Waals surface area contributed by atoms with Gasteiger partial charge in [-0.1, -0.05) is 142 Å². The van der Waals surface area contributed by atoms with E-state index in [2.05, 4.69) is 20.8 Å². The first kappa shape index (κ1) is 33.9. The molecule has 0 saturated carbocycles. The van der Waals surface area contributed by atoms with Gasteiger partial charge in [-0.05, 0) is 25.1 Å². The molecule has 0 amide bonds. The molecule has 0 aliphatic rings. The summed E-state index contributed by atoms with van der Waals surface area (Å²) in [6, 6.07) is 3.24. The molecule has 0 radical (unpaired) electrons. The second-order valence-electron chi connectivity index (χ2n) is 10.6. The van der Waals surface area contributed by atoms with E-state index < -0.39 is 14.3 Å². The quantitative estimate of drug-likeness (QED) is 0.0753. The molecular weight excluding hydrogens is 452 g/mol. The molecule has 0 rings (SSSR count). The molecule has 0 aromatic carbocycles. The third-order valence-electron chi connectivity index (χ3n) is 7.20. The Kier molecular flexibility index (Phi) is 22.6. The molecule has 0 aliphatic carbocycles. The predicted octanol–water partition coefficient (Wildman–Crippen LogP) is 9.98. The number of rotatable bonds is 25. The summed E-state index contributed by atoms with van der Waals surface area (Å²) in [5.74, 6) is -1.17. The second kappa shape index (κ2) is 23.3. The van der Waals surface area contributed by atoms with Gasteiger partial charge in [-0.3, -0.25) is 4.79 Å². The molecule has 0 fully saturated rings. The molecule has 0 bridgehead atoms. The highest BCUT2D eigenvalue weighted by Gasteiger charge is 2.36. The van der Waals surface area contributed by atoms with Crippen molar-refractivity contribution in [3.8, 4) is 0 Å². The van der Waals surface area contributed by atoms with Crippen molar-refractivity contribution in [3.63, 3.8) is 0 Å². The van der Waals surface area contributed by atoms with Crippen LogP contribution in [0.2, 0.25) is 18.1 Å². The van der Waals surface area contributed by atoms with Crippen LogP contribution in [0.15, 0.2) is 11.6 Å². The standard InChI is InChI=1S/C30H58O4Si/c1-5-8-11-14-17-20-25-35(26-21-18-15-12-9-6-2,27-22-19-16-13-10-7-3)34-29(31)24-23-28(4)30(32)33/h23H,5-22,24-27H2,1-4H3,(H,32,33). The molecule has 0 heterocycles. The van der Waals surface area contributed by atoms with Gasteiger partial charge in [-0.2, -0.15) is 0 Å². The molecule has 35 heavy (non-hydrogen) atoms. The van der Waals surface area contributed by atoms with E-state index in [1.54, 1.807) is 6.92 Å². The number of carboxylic acid groups (broad SMARTS) is 1. The lowest BCUT2D eigenvalue weighted by Crippen LogP contribution is -2.40. The molecule has 1 N–H and O–H groups in total. The minimum Gasteiger partial charge on any atom is -0.519 e. The van der Waals surface area contributed by atoms with Gasteiger partial charge in [0.15, 0.2) is 0 Å². The first-order valence-corrected chi connectivity index (χ1v) is 17.6. The van der Waals surface area contributed by atoms with E-state index in [9.17, 15) is 9.59 Å². The van der Waals surface area contributed by atoms with E-state index in [0.29, 0.717) is 0 Å². The van der Waals surface area contributed by atoms with Gasteiger partial charge < -0.3 is 9.53 Å². The van der Waals surface area contributed by atoms with Crippen LogP contribution in [0.3, 0.4) is 0 Å². The minimum atomic E-state index is -2.19. The van der Waals surface area contributed by atoms with Crippen LogP contribution < -0.4 is 0 Å². The lowest BCUT2D eigenvalue weighted by Gasteiger charge is -2.32. The lowest BCUT2D eigenvalue weighted by molar-refractivity contribution is -0.134. The van der Waals surface area contributed by atoms with Gasteiger partial charge in [0.25, 0.3) is 14.3 Å². The topological polar surface area (TPSA) is 63.6 Å². The second-order valence-corrected chi connectivity index (χ2v) is 14.7. The maximum atomic E-state index is 12.9. The van der Waals surface area contributed by atoms with Crippen molar-refractivity contribution in [1.29, 1.82) is 0 Å². The zero-order valence-corrected chi connectivity index (χ0v) is 24.8. The smallest absolute Gasteiger partial charge is 0.330 e. The Morgan fingerprint density at radius 3 is 1.31 bits per heavy atom. The number of hydrogen-bond donors (Lipinski definition) is 1. The number of carbonyl (C=O) groups is 2. The number of aliphatic carboxylic acids is 1. The van der Waals surface area contributed by atoms with Gasteiger partial charge in [0, 0.05) is 5.57 Å². The summed E-state index contributed by atoms with van der Waals surface area (Å²) in [4.78, 5) is 24.0. The Bertz CT molecular complexity index is 518. The number of hydrogen-bond acceptors (Lipinski definition) is 3. The van der Waals surface area contributed by atoms with Crippen molar-refractivity contribution in [1.82, 2.24) is 0 Å². The van der Waals surface area contributed by atoms with Crippen molar-refractivity contribution in [2.75, 3.05) is 0 Å². The van der Waals surface area contributed by atoms with E-state index in [1.165, 1.54) is 122 Å². The minimum absolute atomic E-state index is 0.0797. The Labute approximate surface area is 218 Å². The summed E-state index contributed by atoms with van der Waals surface area (Å²) in [5.41, 5.74) is 0.219. The van der Waals surface area contributed by atoms with Gasteiger partial charge in [0.1, 0.15) is 0 Å². The molecule has 5 heteroatoms. The predicted molar refractivity (Wildman–Crippen MR) is 152 cm³/mol. The molecule has 0 aromatic rings. The van der Waals surface area contributed by atoms with Crippen LogP contribution in [0.1, 0.15) is 150 Å². The van der Waals surface area contributed by atoms with Crippen LogP contribution >= 0.6 is 0 Å². The largest absolute Gasteiger partial charge is 0.519 e. The van der Waals surface area contributed by atoms with E-state index in [4.69, 9.17) is 9.53 Å². The summed E-state index contributed by atoms with van der Waals surface area (Å²) in [5, 5.41) is 9.13. The number of unbranched alkanes of at least 4 members (excludes halogenated alkanes) is 15. The zero-order valence-electron chi connectivity index (χ0n) is 23.8. The highest BCUT2D eigenvalue weighted by Crippen LogP contribution is 2.32. The fourth-order valence-electron chi connectivity index (χ4n) is 4.82. The third kappa shape index (κ3) is 19.7. The molecule has 0 aromatic heterocycles. The average Bonchev–Trinajstić information content (AvgIpc) is 2.84. The Hall–Kier alpha value is -1.10. The molecule has 0 saturated heterocycles. The van der Waals surface area contributed by atoms with Gasteiger partial charge >= 0.3 is 5.97 Å². The average molecular weight is 511 g/mol. The monoisotopic (exact) mass is 510 g/mol. The van der Waals surface area contributed by atoms with Crippen molar-refractivity contribution >= 4 is 20.3 Å². The van der Waals surface area contributed by atoms with Crippen LogP contribution in [0.25, 0.3) is 0 Å². The summed E-state index contributed by atoms with van der Waals surface area (Å²) < 4.78 is 6.41. The van der Waals surface area contributed by atoms with Crippen LogP contribution in [0.4, 0.5) is 0 Å². The maximum absolute atomic E-state index is 12.9. The molecule has 4 nitrogen and oxygen atoms in total. The summed E-state index contributed by atoms with van der Waals surface area (Å²) >= 11 is 0. The third-order valence-corrected chi connectivity index (χ3v) is 11.7. The maximum Gasteiger partial charge on any atom is 0.330 e. The van der Waals surface area contributed by atoms with Gasteiger partial charge in [-0.25, -0.2) is 4.79 Å². The highest BCUT2D eigenvalue weighted by atomic mass is 28.4. The SMILES string of the molecule is CCCCCCCC[Si](CCCCCCCC)(CCCCCCCC)OC(=O)CC=C(C)C(=O)O.